The number of anilines is 1. The minimum Gasteiger partial charge on any atom is -0.449 e. The monoisotopic (exact) mass is 472 g/mol. The molecule has 30 heavy (non-hydrogen) atoms. The van der Waals surface area contributed by atoms with Gasteiger partial charge >= 0.3 is 0 Å². The number of carbonyl (C=O) groups excluding carboxylic acids is 2. The van der Waals surface area contributed by atoms with Crippen LogP contribution in [0.3, 0.4) is 0 Å². The summed E-state index contributed by atoms with van der Waals surface area (Å²) in [4.78, 5) is 27.0. The molecule has 0 atom stereocenters. The molecule has 6 nitrogen and oxygen atoms in total. The van der Waals surface area contributed by atoms with E-state index >= 15 is 0 Å². The zero-order valence-electron chi connectivity index (χ0n) is 17.1. The number of rotatable bonds is 8. The van der Waals surface area contributed by atoms with Crippen molar-refractivity contribution in [1.29, 1.82) is 0 Å². The van der Waals surface area contributed by atoms with Gasteiger partial charge in [-0.05, 0) is 50.1 Å². The lowest BCUT2D eigenvalue weighted by Crippen LogP contribution is -2.44. The Morgan fingerprint density at radius 2 is 1.93 bits per heavy atom. The fourth-order valence-electron chi connectivity index (χ4n) is 2.97. The van der Waals surface area contributed by atoms with Gasteiger partial charge in [0, 0.05) is 17.6 Å². The number of nitrogens with one attached hydrogen (secondary N) is 1. The van der Waals surface area contributed by atoms with E-state index in [1.165, 1.54) is 4.90 Å². The molecule has 1 aliphatic rings. The van der Waals surface area contributed by atoms with Gasteiger partial charge in [-0.25, -0.2) is 0 Å². The highest BCUT2D eigenvalue weighted by atomic mass is 79.9. The van der Waals surface area contributed by atoms with Crippen molar-refractivity contribution in [3.63, 3.8) is 0 Å². The van der Waals surface area contributed by atoms with Crippen LogP contribution in [0.2, 0.25) is 0 Å². The van der Waals surface area contributed by atoms with E-state index in [1.807, 2.05) is 50.2 Å². The van der Waals surface area contributed by atoms with Crippen molar-refractivity contribution in [3.05, 3.63) is 64.3 Å². The maximum atomic E-state index is 13.1. The van der Waals surface area contributed by atoms with Gasteiger partial charge < -0.3 is 14.8 Å². The van der Waals surface area contributed by atoms with E-state index in [2.05, 4.69) is 21.2 Å². The van der Waals surface area contributed by atoms with E-state index in [9.17, 15) is 9.59 Å². The summed E-state index contributed by atoms with van der Waals surface area (Å²) in [6.07, 6.45) is 2.55. The molecule has 0 spiro atoms. The average molecular weight is 473 g/mol. The first kappa shape index (κ1) is 22.1. The van der Waals surface area contributed by atoms with Crippen molar-refractivity contribution < 1.29 is 19.1 Å². The minimum atomic E-state index is -0.359. The second-order valence-electron chi connectivity index (χ2n) is 7.11. The van der Waals surface area contributed by atoms with Crippen molar-refractivity contribution in [1.82, 2.24) is 5.32 Å². The van der Waals surface area contributed by atoms with E-state index in [0.29, 0.717) is 31.0 Å². The minimum absolute atomic E-state index is 0.0858. The van der Waals surface area contributed by atoms with Crippen LogP contribution in [0, 0.1) is 0 Å². The predicted octanol–water partition coefficient (Wildman–Crippen LogP) is 4.15. The van der Waals surface area contributed by atoms with Crippen LogP contribution in [-0.4, -0.2) is 37.6 Å². The molecule has 1 N–H and O–H groups in total. The molecule has 0 fully saturated rings. The van der Waals surface area contributed by atoms with Gasteiger partial charge in [0.1, 0.15) is 6.54 Å². The zero-order chi connectivity index (χ0) is 21.5. The fourth-order valence-corrected chi connectivity index (χ4v) is 3.37. The number of nitrogens with zero attached hydrogens (tertiary/aromatic N) is 1. The summed E-state index contributed by atoms with van der Waals surface area (Å²) >= 11 is 3.48. The van der Waals surface area contributed by atoms with Crippen LogP contribution in [0.15, 0.2) is 58.8 Å². The standard InChI is InChI=1S/C23H25BrN2O4/c1-16(2)29-13-7-12-25-22(27)15-26-19-10-5-6-11-20(19)30-21(23(26)28)14-17-8-3-4-9-18(17)24/h3-6,8-11,14,16H,7,12-13,15H2,1-2H3,(H,25,27). The lowest BCUT2D eigenvalue weighted by Gasteiger charge is -2.30. The average Bonchev–Trinajstić information content (AvgIpc) is 2.72. The molecule has 0 aromatic heterocycles. The molecule has 0 radical (unpaired) electrons. The quantitative estimate of drug-likeness (QED) is 0.462. The first-order valence-electron chi connectivity index (χ1n) is 9.89. The second kappa shape index (κ2) is 10.4. The Labute approximate surface area is 185 Å². The molecule has 0 saturated carbocycles. The number of fused-ring (bicyclic) bond motifs is 1. The molecule has 2 aromatic rings. The molecule has 1 aliphatic heterocycles. The predicted molar refractivity (Wildman–Crippen MR) is 120 cm³/mol. The number of hydrogen-bond acceptors (Lipinski definition) is 4. The van der Waals surface area contributed by atoms with Gasteiger partial charge in [0.15, 0.2) is 11.5 Å². The Morgan fingerprint density at radius 1 is 1.20 bits per heavy atom. The Morgan fingerprint density at radius 3 is 2.70 bits per heavy atom. The van der Waals surface area contributed by atoms with Crippen LogP contribution >= 0.6 is 15.9 Å². The van der Waals surface area contributed by atoms with Gasteiger partial charge in [-0.15, -0.1) is 0 Å². The molecule has 158 valence electrons. The van der Waals surface area contributed by atoms with Crippen LogP contribution < -0.4 is 15.0 Å². The summed E-state index contributed by atoms with van der Waals surface area (Å²) in [5.41, 5.74) is 1.39. The van der Waals surface area contributed by atoms with Crippen molar-refractivity contribution in [2.24, 2.45) is 0 Å². The number of hydrogen-bond donors (Lipinski definition) is 1. The highest BCUT2D eigenvalue weighted by Gasteiger charge is 2.31. The highest BCUT2D eigenvalue weighted by Crippen LogP contribution is 2.35. The third kappa shape index (κ3) is 5.70. The molecule has 0 aliphatic carbocycles. The van der Waals surface area contributed by atoms with Gasteiger partial charge in [-0.3, -0.25) is 14.5 Å². The molecular weight excluding hydrogens is 448 g/mol. The van der Waals surface area contributed by atoms with Crippen LogP contribution in [0.25, 0.3) is 6.08 Å². The number of halogens is 1. The number of ether oxygens (including phenoxy) is 2. The summed E-state index contributed by atoms with van der Waals surface area (Å²) < 4.78 is 12.2. The first-order chi connectivity index (χ1) is 14.5. The van der Waals surface area contributed by atoms with Crippen LogP contribution in [0.4, 0.5) is 5.69 Å². The van der Waals surface area contributed by atoms with E-state index in [0.717, 1.165) is 10.0 Å². The number of para-hydroxylation sites is 2. The fraction of sp³-hybridized carbons (Fsp3) is 0.304. The molecule has 7 heteroatoms. The molecule has 0 unspecified atom stereocenters. The van der Waals surface area contributed by atoms with Gasteiger partial charge in [0.05, 0.1) is 11.8 Å². The van der Waals surface area contributed by atoms with Crippen molar-refractivity contribution >= 4 is 39.5 Å². The molecule has 2 amide bonds. The van der Waals surface area contributed by atoms with Crippen molar-refractivity contribution in [2.75, 3.05) is 24.6 Å². The van der Waals surface area contributed by atoms with E-state index in [1.54, 1.807) is 18.2 Å². The van der Waals surface area contributed by atoms with Gasteiger partial charge in [0.2, 0.25) is 5.91 Å². The number of amides is 2. The SMILES string of the molecule is CC(C)OCCCNC(=O)CN1C(=O)C(=Cc2ccccc2Br)Oc2ccccc21. The van der Waals surface area contributed by atoms with Gasteiger partial charge in [0.25, 0.3) is 5.91 Å². The zero-order valence-corrected chi connectivity index (χ0v) is 18.6. The Hall–Kier alpha value is -2.64. The smallest absolute Gasteiger partial charge is 0.294 e. The van der Waals surface area contributed by atoms with Crippen LogP contribution in [0.5, 0.6) is 5.75 Å². The van der Waals surface area contributed by atoms with E-state index < -0.39 is 0 Å². The Bertz CT molecular complexity index is 942. The second-order valence-corrected chi connectivity index (χ2v) is 7.97. The van der Waals surface area contributed by atoms with E-state index in [-0.39, 0.29) is 30.2 Å². The van der Waals surface area contributed by atoms with Crippen molar-refractivity contribution in [3.8, 4) is 5.75 Å². The molecule has 0 bridgehead atoms. The maximum Gasteiger partial charge on any atom is 0.294 e. The maximum absolute atomic E-state index is 13.1. The summed E-state index contributed by atoms with van der Waals surface area (Å²) in [5.74, 6) is 0.111. The van der Waals surface area contributed by atoms with E-state index in [4.69, 9.17) is 9.47 Å². The summed E-state index contributed by atoms with van der Waals surface area (Å²) in [5, 5.41) is 2.85. The number of benzene rings is 2. The number of carbonyl (C=O) groups is 2. The van der Waals surface area contributed by atoms with Crippen LogP contribution in [0.1, 0.15) is 25.8 Å². The van der Waals surface area contributed by atoms with Gasteiger partial charge in [-0.1, -0.05) is 46.3 Å². The first-order valence-corrected chi connectivity index (χ1v) is 10.7. The molecule has 0 saturated heterocycles. The van der Waals surface area contributed by atoms with Crippen LogP contribution in [-0.2, 0) is 14.3 Å². The Balaban J connectivity index is 1.73. The summed E-state index contributed by atoms with van der Waals surface area (Å²) in [7, 11) is 0. The Kier molecular flexibility index (Phi) is 7.65. The van der Waals surface area contributed by atoms with Gasteiger partial charge in [-0.2, -0.15) is 0 Å². The molecule has 1 heterocycles. The molecule has 2 aromatic carbocycles. The third-order valence-corrected chi connectivity index (χ3v) is 5.14. The summed E-state index contributed by atoms with van der Waals surface area (Å²) in [6.45, 7) is 4.93. The van der Waals surface area contributed by atoms with Crippen molar-refractivity contribution in [2.45, 2.75) is 26.4 Å². The lowest BCUT2D eigenvalue weighted by molar-refractivity contribution is -0.123. The topological polar surface area (TPSA) is 67.9 Å². The normalized spacial score (nSPS) is 14.6. The lowest BCUT2D eigenvalue weighted by atomic mass is 10.1. The molecular formula is C23H25BrN2O4. The summed E-state index contributed by atoms with van der Waals surface area (Å²) in [6, 6.07) is 14.7. The highest BCUT2D eigenvalue weighted by molar-refractivity contribution is 9.10. The molecule has 3 rings (SSSR count). The third-order valence-electron chi connectivity index (χ3n) is 4.42. The largest absolute Gasteiger partial charge is 0.449 e.